The summed E-state index contributed by atoms with van der Waals surface area (Å²) in [6.07, 6.45) is -4.75. The van der Waals surface area contributed by atoms with Crippen LogP contribution in [-0.4, -0.2) is 40.5 Å². The molecular weight excluding hydrogens is 325 g/mol. The standard InChI is InChI=1S/C13H12ClF3N2O3/c14-9-2-1-7(5-8(9)13(15,16)17)10(20)19-4-3-12(22,6-19)11(18)21/h1-2,5,22H,3-4,6H2,(H2,18,21)/t12-/m1/s1. The van der Waals surface area contributed by atoms with Crippen molar-refractivity contribution in [3.8, 4) is 0 Å². The number of hydrogen-bond donors (Lipinski definition) is 2. The summed E-state index contributed by atoms with van der Waals surface area (Å²) in [5.74, 6) is -1.71. The molecule has 1 saturated heterocycles. The Labute approximate surface area is 128 Å². The highest BCUT2D eigenvalue weighted by molar-refractivity contribution is 6.31. The van der Waals surface area contributed by atoms with Gasteiger partial charge in [0.2, 0.25) is 0 Å². The van der Waals surface area contributed by atoms with Gasteiger partial charge in [0.15, 0.2) is 5.60 Å². The summed E-state index contributed by atoms with van der Waals surface area (Å²) in [7, 11) is 0. The van der Waals surface area contributed by atoms with Gasteiger partial charge >= 0.3 is 6.18 Å². The zero-order chi connectivity index (χ0) is 16.7. The van der Waals surface area contributed by atoms with Crippen molar-refractivity contribution in [1.29, 1.82) is 0 Å². The van der Waals surface area contributed by atoms with E-state index in [0.717, 1.165) is 17.0 Å². The number of primary amides is 1. The molecular formula is C13H12ClF3N2O3. The number of β-amino-alcohol motifs (C(OH)–C–C–N with tert-alkyl or cyclic N) is 1. The number of rotatable bonds is 2. The lowest BCUT2D eigenvalue weighted by Crippen LogP contribution is -2.46. The highest BCUT2D eigenvalue weighted by atomic mass is 35.5. The first-order chi connectivity index (χ1) is 10.0. The molecule has 1 aliphatic heterocycles. The largest absolute Gasteiger partial charge is 0.417 e. The summed E-state index contributed by atoms with van der Waals surface area (Å²) in [5.41, 5.74) is 1.84. The number of benzene rings is 1. The van der Waals surface area contributed by atoms with Gasteiger partial charge in [0.05, 0.1) is 17.1 Å². The second kappa shape index (κ2) is 5.44. The van der Waals surface area contributed by atoms with Gasteiger partial charge in [-0.3, -0.25) is 9.59 Å². The summed E-state index contributed by atoms with van der Waals surface area (Å²) in [6.45, 7) is -0.340. The van der Waals surface area contributed by atoms with Crippen LogP contribution in [0.25, 0.3) is 0 Å². The fourth-order valence-corrected chi connectivity index (χ4v) is 2.45. The van der Waals surface area contributed by atoms with E-state index in [1.54, 1.807) is 0 Å². The van der Waals surface area contributed by atoms with E-state index in [9.17, 15) is 27.9 Å². The molecule has 9 heteroatoms. The number of nitrogens with zero attached hydrogens (tertiary/aromatic N) is 1. The van der Waals surface area contributed by atoms with Gasteiger partial charge in [0.25, 0.3) is 11.8 Å². The number of amides is 2. The molecule has 3 N–H and O–H groups in total. The Morgan fingerprint density at radius 2 is 2.00 bits per heavy atom. The molecule has 5 nitrogen and oxygen atoms in total. The van der Waals surface area contributed by atoms with E-state index in [2.05, 4.69) is 0 Å². The second-order valence-electron chi connectivity index (χ2n) is 5.06. The average molecular weight is 337 g/mol. The lowest BCUT2D eigenvalue weighted by Gasteiger charge is -2.20. The molecule has 1 atom stereocenters. The van der Waals surface area contributed by atoms with Crippen molar-refractivity contribution in [2.24, 2.45) is 5.73 Å². The van der Waals surface area contributed by atoms with E-state index in [4.69, 9.17) is 17.3 Å². The molecule has 2 amide bonds. The first kappa shape index (κ1) is 16.6. The van der Waals surface area contributed by atoms with Crippen molar-refractivity contribution in [3.05, 3.63) is 34.3 Å². The third-order valence-electron chi connectivity index (χ3n) is 3.51. The number of carbonyl (C=O) groups is 2. The van der Waals surface area contributed by atoms with E-state index in [-0.39, 0.29) is 25.1 Å². The Kier molecular flexibility index (Phi) is 4.09. The van der Waals surface area contributed by atoms with Gasteiger partial charge in [-0.2, -0.15) is 13.2 Å². The third-order valence-corrected chi connectivity index (χ3v) is 3.84. The van der Waals surface area contributed by atoms with Gasteiger partial charge in [0.1, 0.15) is 0 Å². The van der Waals surface area contributed by atoms with Crippen molar-refractivity contribution in [2.75, 3.05) is 13.1 Å². The van der Waals surface area contributed by atoms with Crippen LogP contribution in [0.1, 0.15) is 22.3 Å². The minimum atomic E-state index is -4.69. The minimum absolute atomic E-state index is 0.0161. The number of halogens is 4. The van der Waals surface area contributed by atoms with Gasteiger partial charge in [-0.05, 0) is 18.2 Å². The van der Waals surface area contributed by atoms with Crippen LogP contribution in [0.2, 0.25) is 5.02 Å². The maximum absolute atomic E-state index is 12.8. The number of carbonyl (C=O) groups excluding carboxylic acids is 2. The van der Waals surface area contributed by atoms with Gasteiger partial charge < -0.3 is 15.7 Å². The van der Waals surface area contributed by atoms with Crippen molar-refractivity contribution in [1.82, 2.24) is 4.90 Å². The third kappa shape index (κ3) is 3.02. The van der Waals surface area contributed by atoms with Crippen LogP contribution in [0, 0.1) is 0 Å². The lowest BCUT2D eigenvalue weighted by molar-refractivity contribution is -0.137. The molecule has 0 bridgehead atoms. The number of hydrogen-bond acceptors (Lipinski definition) is 3. The van der Waals surface area contributed by atoms with Crippen LogP contribution in [0.15, 0.2) is 18.2 Å². The van der Waals surface area contributed by atoms with Crippen molar-refractivity contribution in [2.45, 2.75) is 18.2 Å². The molecule has 1 aliphatic rings. The monoisotopic (exact) mass is 336 g/mol. The summed E-state index contributed by atoms with van der Waals surface area (Å²) < 4.78 is 38.4. The van der Waals surface area contributed by atoms with Gasteiger partial charge in [-0.15, -0.1) is 0 Å². The maximum Gasteiger partial charge on any atom is 0.417 e. The van der Waals surface area contributed by atoms with Crippen LogP contribution in [0.4, 0.5) is 13.2 Å². The minimum Gasteiger partial charge on any atom is -0.378 e. The first-order valence-electron chi connectivity index (χ1n) is 6.23. The molecule has 1 heterocycles. The van der Waals surface area contributed by atoms with E-state index < -0.39 is 34.2 Å². The average Bonchev–Trinajstić information content (AvgIpc) is 2.81. The van der Waals surface area contributed by atoms with Crippen molar-refractivity contribution in [3.63, 3.8) is 0 Å². The molecule has 0 aromatic heterocycles. The second-order valence-corrected chi connectivity index (χ2v) is 5.47. The molecule has 2 rings (SSSR count). The molecule has 0 radical (unpaired) electrons. The Morgan fingerprint density at radius 3 is 2.50 bits per heavy atom. The lowest BCUT2D eigenvalue weighted by atomic mass is 10.0. The van der Waals surface area contributed by atoms with E-state index in [0.29, 0.717) is 6.07 Å². The van der Waals surface area contributed by atoms with Gasteiger partial charge in [-0.25, -0.2) is 0 Å². The molecule has 120 valence electrons. The predicted octanol–water partition coefficient (Wildman–Crippen LogP) is 1.42. The van der Waals surface area contributed by atoms with E-state index >= 15 is 0 Å². The fourth-order valence-electron chi connectivity index (χ4n) is 2.23. The maximum atomic E-state index is 12.8. The summed E-state index contributed by atoms with van der Waals surface area (Å²) in [5, 5.41) is 9.38. The molecule has 0 unspecified atom stereocenters. The zero-order valence-corrected chi connectivity index (χ0v) is 11.9. The Hall–Kier alpha value is -1.80. The molecule has 1 aromatic rings. The Morgan fingerprint density at radius 1 is 1.36 bits per heavy atom. The van der Waals surface area contributed by atoms with Crippen LogP contribution in [-0.2, 0) is 11.0 Å². The number of likely N-dealkylation sites (tertiary alicyclic amines) is 1. The number of nitrogens with two attached hydrogens (primary N) is 1. The van der Waals surface area contributed by atoms with Crippen LogP contribution < -0.4 is 5.73 Å². The molecule has 0 saturated carbocycles. The van der Waals surface area contributed by atoms with Crippen LogP contribution >= 0.6 is 11.6 Å². The quantitative estimate of drug-likeness (QED) is 0.856. The highest BCUT2D eigenvalue weighted by Gasteiger charge is 2.43. The zero-order valence-electron chi connectivity index (χ0n) is 11.2. The Bertz CT molecular complexity index is 635. The number of aliphatic hydroxyl groups is 1. The molecule has 22 heavy (non-hydrogen) atoms. The van der Waals surface area contributed by atoms with E-state index in [1.165, 1.54) is 0 Å². The van der Waals surface area contributed by atoms with Gasteiger partial charge in [-0.1, -0.05) is 11.6 Å². The molecule has 1 fully saturated rings. The SMILES string of the molecule is NC(=O)[C@@]1(O)CCN(C(=O)c2ccc(Cl)c(C(F)(F)F)c2)C1. The van der Waals surface area contributed by atoms with Crippen molar-refractivity contribution < 1.29 is 27.9 Å². The first-order valence-corrected chi connectivity index (χ1v) is 6.61. The van der Waals surface area contributed by atoms with Crippen molar-refractivity contribution >= 4 is 23.4 Å². The number of alkyl halides is 3. The normalized spacial score (nSPS) is 22.0. The molecule has 0 aliphatic carbocycles. The fraction of sp³-hybridized carbons (Fsp3) is 0.385. The summed E-state index contributed by atoms with van der Waals surface area (Å²) in [4.78, 5) is 24.4. The Balaban J connectivity index is 2.27. The van der Waals surface area contributed by atoms with E-state index in [1.807, 2.05) is 0 Å². The molecule has 1 aromatic carbocycles. The summed E-state index contributed by atoms with van der Waals surface area (Å²) >= 11 is 5.49. The molecule has 0 spiro atoms. The topological polar surface area (TPSA) is 83.6 Å². The smallest absolute Gasteiger partial charge is 0.378 e. The van der Waals surface area contributed by atoms with Crippen LogP contribution in [0.5, 0.6) is 0 Å². The van der Waals surface area contributed by atoms with Gasteiger partial charge in [0, 0.05) is 18.5 Å². The summed E-state index contributed by atoms with van der Waals surface area (Å²) in [6, 6.07) is 2.78. The van der Waals surface area contributed by atoms with Crippen LogP contribution in [0.3, 0.4) is 0 Å². The highest BCUT2D eigenvalue weighted by Crippen LogP contribution is 2.35. The predicted molar refractivity (Wildman–Crippen MR) is 71.1 cm³/mol.